The van der Waals surface area contributed by atoms with Gasteiger partial charge in [-0.2, -0.15) is 0 Å². The van der Waals surface area contributed by atoms with E-state index in [0.29, 0.717) is 22.9 Å². The second kappa shape index (κ2) is 9.10. The predicted molar refractivity (Wildman–Crippen MR) is 113 cm³/mol. The van der Waals surface area contributed by atoms with E-state index in [0.717, 1.165) is 16.7 Å². The highest BCUT2D eigenvalue weighted by Crippen LogP contribution is 2.16. The Hall–Kier alpha value is -2.98. The molecular weight excluding hydrogens is 354 g/mol. The standard InChI is InChI=1S/C23H21NO2S/c1-17-9-11-19(12-10-17)22(25)15-20(14-21-8-5-13-26-21)23(27)24-16-18-6-3-2-4-7-18/h2-14H,15-16H2,1H3,(H,24,27)/b20-14-. The zero-order valence-corrected chi connectivity index (χ0v) is 16.0. The van der Waals surface area contributed by atoms with Crippen molar-refractivity contribution in [1.82, 2.24) is 5.32 Å². The van der Waals surface area contributed by atoms with Gasteiger partial charge in [-0.1, -0.05) is 72.4 Å². The Labute approximate surface area is 164 Å². The third-order valence-electron chi connectivity index (χ3n) is 4.17. The molecule has 136 valence electrons. The molecule has 3 aromatic rings. The third-order valence-corrected chi connectivity index (χ3v) is 4.58. The molecule has 0 atom stereocenters. The van der Waals surface area contributed by atoms with Crippen LogP contribution in [0.5, 0.6) is 0 Å². The molecule has 0 unspecified atom stereocenters. The highest BCUT2D eigenvalue weighted by atomic mass is 32.1. The SMILES string of the molecule is Cc1ccc(C(=O)C/C(=C/c2ccco2)C(=S)NCc2ccccc2)cc1. The highest BCUT2D eigenvalue weighted by molar-refractivity contribution is 7.80. The number of ketones is 1. The van der Waals surface area contributed by atoms with Crippen LogP contribution in [0.2, 0.25) is 0 Å². The number of hydrogen-bond acceptors (Lipinski definition) is 3. The number of benzene rings is 2. The molecule has 1 heterocycles. The third kappa shape index (κ3) is 5.50. The fraction of sp³-hybridized carbons (Fsp3) is 0.130. The van der Waals surface area contributed by atoms with Crippen LogP contribution in [-0.4, -0.2) is 10.8 Å². The van der Waals surface area contributed by atoms with Crippen LogP contribution in [0.4, 0.5) is 0 Å². The van der Waals surface area contributed by atoms with Crippen LogP contribution < -0.4 is 5.32 Å². The van der Waals surface area contributed by atoms with Gasteiger partial charge < -0.3 is 9.73 Å². The number of aryl methyl sites for hydroxylation is 1. The lowest BCUT2D eigenvalue weighted by molar-refractivity contribution is 0.0994. The van der Waals surface area contributed by atoms with Crippen molar-refractivity contribution in [2.24, 2.45) is 0 Å². The molecule has 0 saturated heterocycles. The number of Topliss-reactive ketones (excluding diaryl/α,β-unsaturated/α-hetero) is 1. The summed E-state index contributed by atoms with van der Waals surface area (Å²) in [5.41, 5.74) is 3.67. The first-order valence-electron chi connectivity index (χ1n) is 8.78. The Morgan fingerprint density at radius 2 is 1.78 bits per heavy atom. The Kier molecular flexibility index (Phi) is 6.34. The molecule has 3 rings (SSSR count). The van der Waals surface area contributed by atoms with E-state index in [9.17, 15) is 4.79 Å². The van der Waals surface area contributed by atoms with Gasteiger partial charge in [0, 0.05) is 18.5 Å². The maximum absolute atomic E-state index is 12.7. The van der Waals surface area contributed by atoms with Crippen molar-refractivity contribution in [3.63, 3.8) is 0 Å². The fourth-order valence-electron chi connectivity index (χ4n) is 2.65. The van der Waals surface area contributed by atoms with Crippen molar-refractivity contribution < 1.29 is 9.21 Å². The molecule has 0 fully saturated rings. The van der Waals surface area contributed by atoms with Gasteiger partial charge in [-0.05, 0) is 36.3 Å². The largest absolute Gasteiger partial charge is 0.465 e. The number of thiocarbonyl (C=S) groups is 1. The van der Waals surface area contributed by atoms with Crippen LogP contribution in [0.3, 0.4) is 0 Å². The summed E-state index contributed by atoms with van der Waals surface area (Å²) in [7, 11) is 0. The maximum atomic E-state index is 12.7. The number of rotatable bonds is 7. The van der Waals surface area contributed by atoms with E-state index < -0.39 is 0 Å². The van der Waals surface area contributed by atoms with Gasteiger partial charge in [0.15, 0.2) is 5.78 Å². The second-order valence-electron chi connectivity index (χ2n) is 6.32. The highest BCUT2D eigenvalue weighted by Gasteiger charge is 2.13. The van der Waals surface area contributed by atoms with Crippen LogP contribution in [-0.2, 0) is 6.54 Å². The molecule has 0 aliphatic rings. The molecule has 0 amide bonds. The first-order valence-corrected chi connectivity index (χ1v) is 9.19. The predicted octanol–water partition coefficient (Wildman–Crippen LogP) is 5.36. The summed E-state index contributed by atoms with van der Waals surface area (Å²) in [6, 6.07) is 21.2. The van der Waals surface area contributed by atoms with Gasteiger partial charge in [0.1, 0.15) is 10.7 Å². The number of carbonyl (C=O) groups is 1. The van der Waals surface area contributed by atoms with Crippen LogP contribution >= 0.6 is 12.2 Å². The van der Waals surface area contributed by atoms with Gasteiger partial charge in [-0.3, -0.25) is 4.79 Å². The Morgan fingerprint density at radius 1 is 1.04 bits per heavy atom. The Morgan fingerprint density at radius 3 is 2.44 bits per heavy atom. The van der Waals surface area contributed by atoms with E-state index in [2.05, 4.69) is 5.32 Å². The molecule has 27 heavy (non-hydrogen) atoms. The van der Waals surface area contributed by atoms with Crippen molar-refractivity contribution in [3.8, 4) is 0 Å². The fourth-order valence-corrected chi connectivity index (χ4v) is 2.85. The topological polar surface area (TPSA) is 42.2 Å². The average molecular weight is 375 g/mol. The van der Waals surface area contributed by atoms with E-state index in [4.69, 9.17) is 16.6 Å². The van der Waals surface area contributed by atoms with Crippen molar-refractivity contribution in [3.05, 3.63) is 101 Å². The molecule has 0 aliphatic carbocycles. The summed E-state index contributed by atoms with van der Waals surface area (Å²) >= 11 is 5.56. The summed E-state index contributed by atoms with van der Waals surface area (Å²) in [6.07, 6.45) is 3.64. The molecule has 0 aliphatic heterocycles. The molecule has 4 heteroatoms. The lowest BCUT2D eigenvalue weighted by Crippen LogP contribution is -2.24. The molecule has 3 nitrogen and oxygen atoms in total. The summed E-state index contributed by atoms with van der Waals surface area (Å²) in [6.45, 7) is 2.60. The van der Waals surface area contributed by atoms with E-state index in [1.807, 2.05) is 79.7 Å². The van der Waals surface area contributed by atoms with Gasteiger partial charge in [-0.25, -0.2) is 0 Å². The molecule has 0 radical (unpaired) electrons. The lowest BCUT2D eigenvalue weighted by atomic mass is 10.0. The van der Waals surface area contributed by atoms with Crippen molar-refractivity contribution in [2.75, 3.05) is 0 Å². The van der Waals surface area contributed by atoms with Crippen molar-refractivity contribution in [1.29, 1.82) is 0 Å². The average Bonchev–Trinajstić information content (AvgIpc) is 3.20. The van der Waals surface area contributed by atoms with Crippen LogP contribution in [0.15, 0.2) is 83.0 Å². The van der Waals surface area contributed by atoms with Crippen LogP contribution in [0, 0.1) is 6.92 Å². The number of carbonyl (C=O) groups excluding carboxylic acids is 1. The smallest absolute Gasteiger partial charge is 0.167 e. The summed E-state index contributed by atoms with van der Waals surface area (Å²) in [5, 5.41) is 3.25. The van der Waals surface area contributed by atoms with Crippen molar-refractivity contribution >= 4 is 29.1 Å². The summed E-state index contributed by atoms with van der Waals surface area (Å²) in [5.74, 6) is 0.697. The first kappa shape index (κ1) is 18.8. The van der Waals surface area contributed by atoms with Gasteiger partial charge >= 0.3 is 0 Å². The van der Waals surface area contributed by atoms with Crippen LogP contribution in [0.1, 0.15) is 33.7 Å². The van der Waals surface area contributed by atoms with E-state index >= 15 is 0 Å². The van der Waals surface area contributed by atoms with Gasteiger partial charge in [0.05, 0.1) is 6.26 Å². The molecule has 1 aromatic heterocycles. The maximum Gasteiger partial charge on any atom is 0.167 e. The van der Waals surface area contributed by atoms with E-state index in [1.165, 1.54) is 0 Å². The minimum absolute atomic E-state index is 0.0247. The molecule has 1 N–H and O–H groups in total. The van der Waals surface area contributed by atoms with E-state index in [1.54, 1.807) is 6.26 Å². The second-order valence-corrected chi connectivity index (χ2v) is 6.73. The van der Waals surface area contributed by atoms with Gasteiger partial charge in [0.2, 0.25) is 0 Å². The summed E-state index contributed by atoms with van der Waals surface area (Å²) < 4.78 is 5.40. The molecule has 0 bridgehead atoms. The quantitative estimate of drug-likeness (QED) is 0.343. The number of nitrogens with one attached hydrogen (secondary N) is 1. The van der Waals surface area contributed by atoms with Gasteiger partial charge in [-0.15, -0.1) is 0 Å². The monoisotopic (exact) mass is 375 g/mol. The minimum atomic E-state index is 0.0247. The normalized spacial score (nSPS) is 11.2. The minimum Gasteiger partial charge on any atom is -0.465 e. The summed E-state index contributed by atoms with van der Waals surface area (Å²) in [4.78, 5) is 13.3. The van der Waals surface area contributed by atoms with Gasteiger partial charge in [0.25, 0.3) is 0 Å². The lowest BCUT2D eigenvalue weighted by Gasteiger charge is -2.12. The molecule has 2 aromatic carbocycles. The molecular formula is C23H21NO2S. The number of hydrogen-bond donors (Lipinski definition) is 1. The molecule has 0 spiro atoms. The Bertz CT molecular complexity index is 926. The van der Waals surface area contributed by atoms with Crippen molar-refractivity contribution in [2.45, 2.75) is 19.9 Å². The first-order chi connectivity index (χ1) is 13.1. The zero-order chi connectivity index (χ0) is 19.1. The van der Waals surface area contributed by atoms with Crippen LogP contribution in [0.25, 0.3) is 6.08 Å². The van der Waals surface area contributed by atoms with E-state index in [-0.39, 0.29) is 12.2 Å². The zero-order valence-electron chi connectivity index (χ0n) is 15.1. The number of furan rings is 1. The molecule has 0 saturated carbocycles. The Balaban J connectivity index is 1.75.